The van der Waals surface area contributed by atoms with Crippen LogP contribution in [0.5, 0.6) is 0 Å². The molecule has 1 atom stereocenters. The Bertz CT molecular complexity index is 894. The molecule has 30 heavy (non-hydrogen) atoms. The second-order valence-electron chi connectivity index (χ2n) is 8.24. The van der Waals surface area contributed by atoms with Crippen molar-refractivity contribution < 1.29 is 9.53 Å². The third-order valence-corrected chi connectivity index (χ3v) is 5.89. The van der Waals surface area contributed by atoms with Crippen molar-refractivity contribution in [3.05, 3.63) is 71.6 Å². The van der Waals surface area contributed by atoms with Crippen LogP contribution in [0.2, 0.25) is 0 Å². The summed E-state index contributed by atoms with van der Waals surface area (Å²) < 4.78 is 6.00. The fourth-order valence-corrected chi connectivity index (χ4v) is 3.46. The summed E-state index contributed by atoms with van der Waals surface area (Å²) in [5, 5.41) is 9.65. The van der Waals surface area contributed by atoms with Gasteiger partial charge in [-0.2, -0.15) is 0 Å². The van der Waals surface area contributed by atoms with Gasteiger partial charge in [0.1, 0.15) is 0 Å². The molecule has 3 rings (SSSR count). The van der Waals surface area contributed by atoms with E-state index < -0.39 is 0 Å². The van der Waals surface area contributed by atoms with Gasteiger partial charge in [-0.3, -0.25) is 10.1 Å². The number of benzene rings is 2. The molecule has 1 saturated carbocycles. The van der Waals surface area contributed by atoms with E-state index in [1.54, 1.807) is 0 Å². The summed E-state index contributed by atoms with van der Waals surface area (Å²) in [6.07, 6.45) is 2.27. The second kappa shape index (κ2) is 10.0. The predicted molar refractivity (Wildman–Crippen MR) is 125 cm³/mol. The smallest absolute Gasteiger partial charge is 0.292 e. The van der Waals surface area contributed by atoms with E-state index in [2.05, 4.69) is 48.5 Å². The Morgan fingerprint density at radius 2 is 1.80 bits per heavy atom. The second-order valence-corrected chi connectivity index (χ2v) is 8.78. The van der Waals surface area contributed by atoms with Crippen molar-refractivity contribution in [2.24, 2.45) is 5.41 Å². The molecule has 0 aromatic heterocycles. The van der Waals surface area contributed by atoms with Crippen LogP contribution >= 0.6 is 0 Å². The Hall–Kier alpha value is -2.44. The molecule has 0 aliphatic heterocycles. The van der Waals surface area contributed by atoms with Crippen molar-refractivity contribution in [1.82, 2.24) is 10.6 Å². The van der Waals surface area contributed by atoms with Gasteiger partial charge in [0.2, 0.25) is 5.76 Å². The monoisotopic (exact) mass is 426 g/mol. The zero-order valence-corrected chi connectivity index (χ0v) is 18.9. The number of rotatable bonds is 10. The molecule has 6 heteroatoms. The quantitative estimate of drug-likeness (QED) is 0.233. The first-order chi connectivity index (χ1) is 14.4. The number of carbonyl (C=O) groups is 1. The van der Waals surface area contributed by atoms with E-state index in [0.29, 0.717) is 24.7 Å². The zero-order valence-electron chi connectivity index (χ0n) is 17.9. The highest BCUT2D eigenvalue weighted by Crippen LogP contribution is 2.45. The van der Waals surface area contributed by atoms with E-state index in [4.69, 9.17) is 4.74 Å². The van der Waals surface area contributed by atoms with Gasteiger partial charge in [0.15, 0.2) is 4.90 Å². The van der Waals surface area contributed by atoms with Crippen LogP contribution in [-0.4, -0.2) is 19.2 Å². The van der Waals surface area contributed by atoms with Crippen LogP contribution in [-0.2, 0) is 22.2 Å². The standard InChI is InChI=1S/C24H31N3O2S/c1-17(20-11-7-8-12-21(20)30)25-16-26-18(2)22(29-15-24(3)13-14-24)23(28)27-19-9-5-4-6-10-19/h4-12,17,25-26,30H,13-16H2,1-3H3,(H,27,28)/p+1/b22-18-. The molecule has 0 radical (unpaired) electrons. The van der Waals surface area contributed by atoms with Crippen LogP contribution in [0.15, 0.2) is 70.9 Å². The molecule has 2 aromatic rings. The van der Waals surface area contributed by atoms with Crippen molar-refractivity contribution >= 4 is 24.2 Å². The SMILES string of the molecule is C/C(NCNC(C)c1ccccc1[SH2+])=C(/OCC1(C)CC1)C(=O)Nc1ccccc1. The molecule has 1 aliphatic carbocycles. The summed E-state index contributed by atoms with van der Waals surface area (Å²) >= 11 is 3.65. The van der Waals surface area contributed by atoms with Gasteiger partial charge in [-0.25, -0.2) is 0 Å². The number of para-hydroxylation sites is 1. The van der Waals surface area contributed by atoms with Gasteiger partial charge in [-0.15, -0.1) is 0 Å². The first-order valence-electron chi connectivity index (χ1n) is 10.4. The van der Waals surface area contributed by atoms with Crippen molar-refractivity contribution in [3.8, 4) is 0 Å². The fourth-order valence-electron chi connectivity index (χ4n) is 3.06. The Kier molecular flexibility index (Phi) is 7.45. The number of ether oxygens (including phenoxy) is 1. The molecule has 3 N–H and O–H groups in total. The number of anilines is 1. The molecule has 1 amide bonds. The largest absolute Gasteiger partial charge is 0.486 e. The zero-order chi connectivity index (χ0) is 21.6. The van der Waals surface area contributed by atoms with Crippen LogP contribution in [0.3, 0.4) is 0 Å². The van der Waals surface area contributed by atoms with Crippen LogP contribution in [0.1, 0.15) is 45.2 Å². The molecule has 5 nitrogen and oxygen atoms in total. The molecule has 160 valence electrons. The predicted octanol–water partition coefficient (Wildman–Crippen LogP) is 3.94. The average molecular weight is 427 g/mol. The molecular weight excluding hydrogens is 394 g/mol. The Morgan fingerprint density at radius 1 is 1.13 bits per heavy atom. The molecule has 2 aromatic carbocycles. The summed E-state index contributed by atoms with van der Waals surface area (Å²) in [5.74, 6) is 0.0935. The normalized spacial score (nSPS) is 16.3. The summed E-state index contributed by atoms with van der Waals surface area (Å²) in [5.41, 5.74) is 2.82. The minimum absolute atomic E-state index is 0.145. The topological polar surface area (TPSA) is 62.4 Å². The Balaban J connectivity index is 1.63. The van der Waals surface area contributed by atoms with Crippen LogP contribution in [0.25, 0.3) is 0 Å². The average Bonchev–Trinajstić information content (AvgIpc) is 3.46. The van der Waals surface area contributed by atoms with Gasteiger partial charge >= 0.3 is 0 Å². The van der Waals surface area contributed by atoms with Gasteiger partial charge < -0.3 is 15.4 Å². The summed E-state index contributed by atoms with van der Waals surface area (Å²) in [7, 11) is 0. The van der Waals surface area contributed by atoms with E-state index in [1.165, 1.54) is 5.56 Å². The summed E-state index contributed by atoms with van der Waals surface area (Å²) in [6, 6.07) is 17.7. The summed E-state index contributed by atoms with van der Waals surface area (Å²) in [6.45, 7) is 7.22. The molecule has 0 saturated heterocycles. The molecule has 0 bridgehead atoms. The molecule has 1 fully saturated rings. The van der Waals surface area contributed by atoms with Gasteiger partial charge in [0.25, 0.3) is 5.91 Å². The third-order valence-electron chi connectivity index (χ3n) is 5.44. The van der Waals surface area contributed by atoms with Crippen LogP contribution in [0.4, 0.5) is 5.69 Å². The van der Waals surface area contributed by atoms with Crippen molar-refractivity contribution in [3.63, 3.8) is 0 Å². The van der Waals surface area contributed by atoms with Crippen molar-refractivity contribution in [2.75, 3.05) is 18.6 Å². The van der Waals surface area contributed by atoms with E-state index in [-0.39, 0.29) is 17.4 Å². The van der Waals surface area contributed by atoms with E-state index in [9.17, 15) is 4.79 Å². The number of hydrogen-bond donors (Lipinski definition) is 3. The number of amides is 1. The van der Waals surface area contributed by atoms with Gasteiger partial charge in [0, 0.05) is 22.7 Å². The lowest BCUT2D eigenvalue weighted by atomic mass is 10.1. The number of allylic oxidation sites excluding steroid dienone is 1. The fraction of sp³-hybridized carbons (Fsp3) is 0.375. The van der Waals surface area contributed by atoms with Crippen molar-refractivity contribution in [1.29, 1.82) is 0 Å². The number of hydrogen-bond acceptors (Lipinski definition) is 4. The van der Waals surface area contributed by atoms with Crippen molar-refractivity contribution in [2.45, 2.75) is 44.6 Å². The lowest BCUT2D eigenvalue weighted by molar-refractivity contribution is -0.116. The molecular formula is C24H32N3O2S+. The number of nitrogens with one attached hydrogen (secondary N) is 3. The van der Waals surface area contributed by atoms with E-state index in [1.807, 2.05) is 55.5 Å². The molecule has 0 spiro atoms. The van der Waals surface area contributed by atoms with Gasteiger partial charge in [0.05, 0.1) is 19.0 Å². The minimum atomic E-state index is -0.242. The van der Waals surface area contributed by atoms with Crippen LogP contribution < -0.4 is 16.0 Å². The highest BCUT2D eigenvalue weighted by Gasteiger charge is 2.38. The van der Waals surface area contributed by atoms with E-state index >= 15 is 0 Å². The Labute approximate surface area is 184 Å². The Morgan fingerprint density at radius 3 is 2.47 bits per heavy atom. The van der Waals surface area contributed by atoms with Crippen LogP contribution in [0, 0.1) is 5.41 Å². The van der Waals surface area contributed by atoms with E-state index in [0.717, 1.165) is 23.4 Å². The number of carbonyl (C=O) groups excluding carboxylic acids is 1. The highest BCUT2D eigenvalue weighted by molar-refractivity contribution is 7.58. The molecule has 1 unspecified atom stereocenters. The molecule has 1 aliphatic rings. The lowest BCUT2D eigenvalue weighted by Gasteiger charge is -2.19. The van der Waals surface area contributed by atoms with Gasteiger partial charge in [-0.1, -0.05) is 43.3 Å². The minimum Gasteiger partial charge on any atom is -0.486 e. The maximum atomic E-state index is 12.9. The first kappa shape index (κ1) is 22.2. The summed E-state index contributed by atoms with van der Waals surface area (Å²) in [4.78, 5) is 14.0. The van der Waals surface area contributed by atoms with Gasteiger partial charge in [-0.05, 0) is 57.5 Å². The maximum Gasteiger partial charge on any atom is 0.292 e. The molecule has 0 heterocycles. The maximum absolute atomic E-state index is 12.9. The third kappa shape index (κ3) is 6.28. The first-order valence-corrected chi connectivity index (χ1v) is 10.9. The highest BCUT2D eigenvalue weighted by atomic mass is 32.1. The lowest BCUT2D eigenvalue weighted by Crippen LogP contribution is -2.32.